The van der Waals surface area contributed by atoms with Crippen molar-refractivity contribution < 1.29 is 19.4 Å². The predicted molar refractivity (Wildman–Crippen MR) is 77.3 cm³/mol. The second kappa shape index (κ2) is 7.65. The van der Waals surface area contributed by atoms with Crippen LogP contribution in [0.15, 0.2) is 0 Å². The van der Waals surface area contributed by atoms with E-state index in [-0.39, 0.29) is 12.5 Å². The lowest BCUT2D eigenvalue weighted by atomic mass is 9.70. The number of hydrogen-bond acceptors (Lipinski definition) is 3. The highest BCUT2D eigenvalue weighted by Gasteiger charge is 2.49. The summed E-state index contributed by atoms with van der Waals surface area (Å²) in [7, 11) is 0. The molecule has 20 heavy (non-hydrogen) atoms. The van der Waals surface area contributed by atoms with Crippen LogP contribution in [0.3, 0.4) is 0 Å². The molecule has 0 aromatic carbocycles. The SMILES string of the molecule is CCOC(=O)C(CC(C)C)(CC1CCCCC1)C(=O)O. The van der Waals surface area contributed by atoms with Crippen LogP contribution >= 0.6 is 0 Å². The molecule has 4 nitrogen and oxygen atoms in total. The maximum atomic E-state index is 12.3. The molecule has 0 heterocycles. The van der Waals surface area contributed by atoms with E-state index < -0.39 is 17.4 Å². The van der Waals surface area contributed by atoms with Crippen LogP contribution in [-0.2, 0) is 14.3 Å². The van der Waals surface area contributed by atoms with E-state index in [4.69, 9.17) is 4.74 Å². The minimum atomic E-state index is -1.35. The lowest BCUT2D eigenvalue weighted by molar-refractivity contribution is -0.172. The zero-order chi connectivity index (χ0) is 15.2. The number of rotatable bonds is 7. The molecule has 116 valence electrons. The first kappa shape index (κ1) is 17.0. The fraction of sp³-hybridized carbons (Fsp3) is 0.875. The topological polar surface area (TPSA) is 63.6 Å². The molecule has 1 unspecified atom stereocenters. The van der Waals surface area contributed by atoms with E-state index >= 15 is 0 Å². The Labute approximate surface area is 121 Å². The number of carbonyl (C=O) groups excluding carboxylic acids is 1. The molecule has 0 aliphatic heterocycles. The largest absolute Gasteiger partial charge is 0.480 e. The summed E-state index contributed by atoms with van der Waals surface area (Å²) >= 11 is 0. The standard InChI is InChI=1S/C16H28O4/c1-4-20-15(19)16(14(17)18,10-12(2)3)11-13-8-6-5-7-9-13/h12-13H,4-11H2,1-3H3,(H,17,18). The van der Waals surface area contributed by atoms with Crippen LogP contribution in [0.4, 0.5) is 0 Å². The van der Waals surface area contributed by atoms with E-state index in [1.165, 1.54) is 6.42 Å². The molecule has 0 aromatic rings. The van der Waals surface area contributed by atoms with Crippen molar-refractivity contribution in [2.45, 2.75) is 65.7 Å². The third-order valence-corrected chi connectivity index (χ3v) is 4.19. The maximum Gasteiger partial charge on any atom is 0.323 e. The van der Waals surface area contributed by atoms with Crippen molar-refractivity contribution in [1.29, 1.82) is 0 Å². The third kappa shape index (κ3) is 4.22. The average Bonchev–Trinajstić information content (AvgIpc) is 2.38. The van der Waals surface area contributed by atoms with Crippen molar-refractivity contribution in [2.24, 2.45) is 17.3 Å². The normalized spacial score (nSPS) is 19.6. The van der Waals surface area contributed by atoms with E-state index in [2.05, 4.69) is 0 Å². The van der Waals surface area contributed by atoms with Gasteiger partial charge in [-0.1, -0.05) is 46.0 Å². The predicted octanol–water partition coefficient (Wildman–Crippen LogP) is 3.64. The van der Waals surface area contributed by atoms with Crippen LogP contribution in [0, 0.1) is 17.3 Å². The summed E-state index contributed by atoms with van der Waals surface area (Å²) in [4.78, 5) is 24.2. The molecule has 4 heteroatoms. The second-order valence-electron chi connectivity index (χ2n) is 6.41. The van der Waals surface area contributed by atoms with Crippen molar-refractivity contribution in [3.8, 4) is 0 Å². The van der Waals surface area contributed by atoms with Gasteiger partial charge in [0, 0.05) is 0 Å². The second-order valence-corrected chi connectivity index (χ2v) is 6.41. The van der Waals surface area contributed by atoms with Gasteiger partial charge in [-0.25, -0.2) is 0 Å². The van der Waals surface area contributed by atoms with Gasteiger partial charge in [0.2, 0.25) is 0 Å². The highest BCUT2D eigenvalue weighted by Crippen LogP contribution is 2.40. The Morgan fingerprint density at radius 2 is 1.85 bits per heavy atom. The van der Waals surface area contributed by atoms with Gasteiger partial charge in [-0.15, -0.1) is 0 Å². The Kier molecular flexibility index (Phi) is 6.50. The van der Waals surface area contributed by atoms with Crippen LogP contribution in [0.25, 0.3) is 0 Å². The number of carboxylic acids is 1. The van der Waals surface area contributed by atoms with Crippen molar-refractivity contribution in [2.75, 3.05) is 6.61 Å². The molecule has 1 aliphatic carbocycles. The molecule has 0 saturated heterocycles. The lowest BCUT2D eigenvalue weighted by Gasteiger charge is -2.33. The molecule has 0 aromatic heterocycles. The molecular weight excluding hydrogens is 256 g/mol. The fourth-order valence-electron chi connectivity index (χ4n) is 3.36. The first-order chi connectivity index (χ1) is 9.42. The zero-order valence-corrected chi connectivity index (χ0v) is 13.0. The van der Waals surface area contributed by atoms with Crippen LogP contribution in [0.1, 0.15) is 65.7 Å². The molecule has 1 rings (SSSR count). The Bertz CT molecular complexity index is 331. The third-order valence-electron chi connectivity index (χ3n) is 4.19. The van der Waals surface area contributed by atoms with Crippen molar-refractivity contribution in [3.63, 3.8) is 0 Å². The molecular formula is C16H28O4. The number of hydrogen-bond donors (Lipinski definition) is 1. The highest BCUT2D eigenvalue weighted by molar-refractivity contribution is 5.99. The van der Waals surface area contributed by atoms with E-state index in [9.17, 15) is 14.7 Å². The maximum absolute atomic E-state index is 12.3. The summed E-state index contributed by atoms with van der Waals surface area (Å²) in [5.74, 6) is -1.08. The minimum Gasteiger partial charge on any atom is -0.480 e. The Morgan fingerprint density at radius 1 is 1.25 bits per heavy atom. The summed E-state index contributed by atoms with van der Waals surface area (Å²) in [6.45, 7) is 5.87. The molecule has 1 atom stereocenters. The van der Waals surface area contributed by atoms with Crippen molar-refractivity contribution in [1.82, 2.24) is 0 Å². The van der Waals surface area contributed by atoms with Gasteiger partial charge in [0.15, 0.2) is 5.41 Å². The van der Waals surface area contributed by atoms with Crippen LogP contribution in [0.2, 0.25) is 0 Å². The van der Waals surface area contributed by atoms with E-state index in [0.717, 1.165) is 25.7 Å². The van der Waals surface area contributed by atoms with Crippen LogP contribution in [-0.4, -0.2) is 23.7 Å². The molecule has 1 aliphatic rings. The van der Waals surface area contributed by atoms with Gasteiger partial charge in [-0.3, -0.25) is 9.59 Å². The summed E-state index contributed by atoms with van der Waals surface area (Å²) < 4.78 is 5.09. The molecule has 0 spiro atoms. The summed E-state index contributed by atoms with van der Waals surface area (Å²) in [6.07, 6.45) is 6.37. The van der Waals surface area contributed by atoms with Gasteiger partial charge in [0.05, 0.1) is 6.61 Å². The Morgan fingerprint density at radius 3 is 2.30 bits per heavy atom. The summed E-state index contributed by atoms with van der Waals surface area (Å²) in [6, 6.07) is 0. The molecule has 0 radical (unpaired) electrons. The van der Waals surface area contributed by atoms with E-state index in [1.807, 2.05) is 13.8 Å². The van der Waals surface area contributed by atoms with Gasteiger partial charge in [0.25, 0.3) is 0 Å². The molecule has 1 saturated carbocycles. The van der Waals surface area contributed by atoms with Gasteiger partial charge < -0.3 is 9.84 Å². The first-order valence-electron chi connectivity index (χ1n) is 7.83. The lowest BCUT2D eigenvalue weighted by Crippen LogP contribution is -2.43. The number of esters is 1. The average molecular weight is 284 g/mol. The van der Waals surface area contributed by atoms with Gasteiger partial charge in [-0.05, 0) is 31.6 Å². The van der Waals surface area contributed by atoms with Crippen molar-refractivity contribution >= 4 is 11.9 Å². The van der Waals surface area contributed by atoms with E-state index in [0.29, 0.717) is 18.8 Å². The Balaban J connectivity index is 2.94. The highest BCUT2D eigenvalue weighted by atomic mass is 16.5. The first-order valence-corrected chi connectivity index (χ1v) is 7.83. The van der Waals surface area contributed by atoms with Gasteiger partial charge in [0.1, 0.15) is 0 Å². The number of ether oxygens (including phenoxy) is 1. The molecule has 1 fully saturated rings. The summed E-state index contributed by atoms with van der Waals surface area (Å²) in [5.41, 5.74) is -1.35. The van der Waals surface area contributed by atoms with Crippen LogP contribution in [0.5, 0.6) is 0 Å². The fourth-order valence-corrected chi connectivity index (χ4v) is 3.36. The summed E-state index contributed by atoms with van der Waals surface area (Å²) in [5, 5.41) is 9.70. The van der Waals surface area contributed by atoms with E-state index in [1.54, 1.807) is 6.92 Å². The monoisotopic (exact) mass is 284 g/mol. The minimum absolute atomic E-state index is 0.152. The molecule has 1 N–H and O–H groups in total. The molecule has 0 amide bonds. The molecule has 0 bridgehead atoms. The van der Waals surface area contributed by atoms with Crippen molar-refractivity contribution in [3.05, 3.63) is 0 Å². The zero-order valence-electron chi connectivity index (χ0n) is 13.0. The quantitative estimate of drug-likeness (QED) is 0.572. The van der Waals surface area contributed by atoms with Gasteiger partial charge in [-0.2, -0.15) is 0 Å². The van der Waals surface area contributed by atoms with Gasteiger partial charge >= 0.3 is 11.9 Å². The Hall–Kier alpha value is -1.06. The smallest absolute Gasteiger partial charge is 0.323 e. The van der Waals surface area contributed by atoms with Crippen LogP contribution < -0.4 is 0 Å². The number of carbonyl (C=O) groups is 2. The number of aliphatic carboxylic acids is 1. The number of carboxylic acid groups (broad SMARTS) is 1.